The van der Waals surface area contributed by atoms with Gasteiger partial charge in [0, 0.05) is 44.7 Å². The summed E-state index contributed by atoms with van der Waals surface area (Å²) in [7, 11) is -1.82. The van der Waals surface area contributed by atoms with Crippen LogP contribution >= 0.6 is 11.8 Å². The molecule has 2 rings (SSSR count). The number of hydrogen-bond donors (Lipinski definition) is 0. The second-order valence-corrected chi connectivity index (χ2v) is 21.8. The average Bonchev–Trinajstić information content (AvgIpc) is 2.80. The molecule has 0 saturated heterocycles. The topological polar surface area (TPSA) is 4.93 Å². The lowest BCUT2D eigenvalue weighted by Gasteiger charge is -2.15. The molecule has 0 amide bonds. The van der Waals surface area contributed by atoms with E-state index in [1.54, 1.807) is 0 Å². The SMILES string of the molecule is C[Si](C)(C)CCCSc1cn(CCC[Si](C)(C)C)c2ccccc12. The van der Waals surface area contributed by atoms with Gasteiger partial charge in [-0.1, -0.05) is 69.6 Å². The minimum absolute atomic E-state index is 0.894. The Kier molecular flexibility index (Phi) is 6.85. The van der Waals surface area contributed by atoms with Crippen molar-refractivity contribution in [3.8, 4) is 0 Å². The molecule has 1 aromatic heterocycles. The maximum Gasteiger partial charge on any atom is 0.0491 e. The summed E-state index contributed by atoms with van der Waals surface area (Å²) in [5.74, 6) is 1.26. The van der Waals surface area contributed by atoms with Crippen molar-refractivity contribution < 1.29 is 0 Å². The van der Waals surface area contributed by atoms with E-state index in [-0.39, 0.29) is 0 Å². The zero-order valence-electron chi connectivity index (χ0n) is 16.5. The normalized spacial score (nSPS) is 12.9. The van der Waals surface area contributed by atoms with Crippen molar-refractivity contribution in [1.29, 1.82) is 0 Å². The minimum Gasteiger partial charge on any atom is -0.346 e. The fourth-order valence-corrected chi connectivity index (χ4v) is 6.83. The first kappa shape index (κ1) is 19.9. The highest BCUT2D eigenvalue weighted by Crippen LogP contribution is 2.31. The monoisotopic (exact) mass is 377 g/mol. The van der Waals surface area contributed by atoms with Crippen molar-refractivity contribution in [3.63, 3.8) is 0 Å². The van der Waals surface area contributed by atoms with Crippen LogP contribution in [0.3, 0.4) is 0 Å². The van der Waals surface area contributed by atoms with Crippen LogP contribution in [-0.4, -0.2) is 26.5 Å². The average molecular weight is 378 g/mol. The maximum atomic E-state index is 2.50. The Balaban J connectivity index is 2.02. The van der Waals surface area contributed by atoms with Crippen LogP contribution in [0.2, 0.25) is 51.4 Å². The van der Waals surface area contributed by atoms with Crippen LogP contribution in [-0.2, 0) is 6.54 Å². The molecule has 24 heavy (non-hydrogen) atoms. The summed E-state index contributed by atoms with van der Waals surface area (Å²) in [6, 6.07) is 11.8. The zero-order chi connectivity index (χ0) is 17.8. The molecule has 0 atom stereocenters. The summed E-state index contributed by atoms with van der Waals surface area (Å²) in [6.07, 6.45) is 5.08. The second kappa shape index (κ2) is 8.28. The van der Waals surface area contributed by atoms with E-state index in [9.17, 15) is 0 Å². The standard InChI is InChI=1S/C20H35NSSi2/c1-23(2,3)15-9-13-21-17-20(18-11-7-8-12-19(18)21)22-14-10-16-24(4,5)6/h7-8,11-12,17H,9-10,13-16H2,1-6H3. The lowest BCUT2D eigenvalue weighted by atomic mass is 10.2. The van der Waals surface area contributed by atoms with Gasteiger partial charge in [0.15, 0.2) is 0 Å². The number of aromatic nitrogens is 1. The molecule has 1 aromatic carbocycles. The number of para-hydroxylation sites is 1. The first-order valence-corrected chi connectivity index (χ1v) is 17.8. The highest BCUT2D eigenvalue weighted by Gasteiger charge is 2.15. The van der Waals surface area contributed by atoms with E-state index in [2.05, 4.69) is 86.1 Å². The number of thioether (sulfide) groups is 1. The summed E-state index contributed by atoms with van der Waals surface area (Å²) in [4.78, 5) is 1.48. The summed E-state index contributed by atoms with van der Waals surface area (Å²) < 4.78 is 2.50. The lowest BCUT2D eigenvalue weighted by molar-refractivity contribution is 0.694. The van der Waals surface area contributed by atoms with Gasteiger partial charge < -0.3 is 4.57 Å². The van der Waals surface area contributed by atoms with E-state index in [0.717, 1.165) is 0 Å². The summed E-state index contributed by atoms with van der Waals surface area (Å²) >= 11 is 2.06. The van der Waals surface area contributed by atoms with Gasteiger partial charge in [0.1, 0.15) is 0 Å². The minimum atomic E-state index is -0.930. The Labute approximate surface area is 155 Å². The third-order valence-electron chi connectivity index (χ3n) is 4.41. The van der Waals surface area contributed by atoms with Crippen LogP contribution in [0.15, 0.2) is 35.4 Å². The predicted octanol–water partition coefficient (Wildman–Crippen LogP) is 7.19. The van der Waals surface area contributed by atoms with Crippen molar-refractivity contribution in [2.45, 2.75) is 75.7 Å². The third kappa shape index (κ3) is 6.45. The molecule has 0 saturated carbocycles. The Bertz CT molecular complexity index is 650. The first-order valence-electron chi connectivity index (χ1n) is 9.36. The quantitative estimate of drug-likeness (QED) is 0.254. The lowest BCUT2D eigenvalue weighted by Crippen LogP contribution is -2.19. The van der Waals surface area contributed by atoms with Crippen molar-refractivity contribution in [2.75, 3.05) is 5.75 Å². The van der Waals surface area contributed by atoms with E-state index in [0.29, 0.717) is 0 Å². The first-order chi connectivity index (χ1) is 11.2. The van der Waals surface area contributed by atoms with E-state index in [4.69, 9.17) is 0 Å². The van der Waals surface area contributed by atoms with Crippen LogP contribution in [0.5, 0.6) is 0 Å². The molecule has 0 fully saturated rings. The zero-order valence-corrected chi connectivity index (χ0v) is 19.3. The Hall–Kier alpha value is -0.456. The van der Waals surface area contributed by atoms with Gasteiger partial charge in [-0.05, 0) is 24.7 Å². The van der Waals surface area contributed by atoms with Crippen molar-refractivity contribution >= 4 is 38.8 Å². The Morgan fingerprint density at radius 1 is 0.875 bits per heavy atom. The largest absolute Gasteiger partial charge is 0.346 e. The van der Waals surface area contributed by atoms with E-state index < -0.39 is 16.1 Å². The molecule has 0 aliphatic heterocycles. The Morgan fingerprint density at radius 3 is 2.17 bits per heavy atom. The molecule has 0 bridgehead atoms. The van der Waals surface area contributed by atoms with Gasteiger partial charge in [0.2, 0.25) is 0 Å². The summed E-state index contributed by atoms with van der Waals surface area (Å²) in [5, 5.41) is 1.45. The van der Waals surface area contributed by atoms with Gasteiger partial charge in [-0.15, -0.1) is 11.8 Å². The number of hydrogen-bond acceptors (Lipinski definition) is 1. The van der Waals surface area contributed by atoms with Crippen LogP contribution in [0.25, 0.3) is 10.9 Å². The van der Waals surface area contributed by atoms with Gasteiger partial charge in [-0.3, -0.25) is 0 Å². The van der Waals surface area contributed by atoms with Crippen molar-refractivity contribution in [2.24, 2.45) is 0 Å². The molecule has 0 N–H and O–H groups in total. The number of nitrogens with zero attached hydrogens (tertiary/aromatic N) is 1. The van der Waals surface area contributed by atoms with Gasteiger partial charge in [0.25, 0.3) is 0 Å². The van der Waals surface area contributed by atoms with E-state index in [1.165, 1.54) is 53.0 Å². The van der Waals surface area contributed by atoms with Crippen LogP contribution in [0.1, 0.15) is 12.8 Å². The molecule has 0 spiro atoms. The molecule has 0 aliphatic rings. The van der Waals surface area contributed by atoms with Crippen molar-refractivity contribution in [1.82, 2.24) is 4.57 Å². The molecule has 4 heteroatoms. The van der Waals surface area contributed by atoms with Gasteiger partial charge in [0.05, 0.1) is 0 Å². The van der Waals surface area contributed by atoms with Crippen molar-refractivity contribution in [3.05, 3.63) is 30.5 Å². The number of fused-ring (bicyclic) bond motifs is 1. The molecule has 0 radical (unpaired) electrons. The summed E-state index contributed by atoms with van der Waals surface area (Å²) in [6.45, 7) is 16.0. The molecular weight excluding hydrogens is 342 g/mol. The second-order valence-electron chi connectivity index (χ2n) is 9.38. The summed E-state index contributed by atoms with van der Waals surface area (Å²) in [5.41, 5.74) is 1.42. The van der Waals surface area contributed by atoms with E-state index in [1.807, 2.05) is 0 Å². The third-order valence-corrected chi connectivity index (χ3v) is 9.24. The molecule has 134 valence electrons. The van der Waals surface area contributed by atoms with Gasteiger partial charge in [-0.25, -0.2) is 0 Å². The van der Waals surface area contributed by atoms with Crippen LogP contribution in [0.4, 0.5) is 0 Å². The Morgan fingerprint density at radius 2 is 1.50 bits per heavy atom. The van der Waals surface area contributed by atoms with E-state index >= 15 is 0 Å². The van der Waals surface area contributed by atoms with Gasteiger partial charge in [-0.2, -0.15) is 0 Å². The fourth-order valence-electron chi connectivity index (χ4n) is 3.08. The smallest absolute Gasteiger partial charge is 0.0491 e. The number of aryl methyl sites for hydroxylation is 1. The molecule has 2 aromatic rings. The number of rotatable bonds is 9. The maximum absolute atomic E-state index is 2.50. The fraction of sp³-hybridized carbons (Fsp3) is 0.600. The number of benzene rings is 1. The van der Waals surface area contributed by atoms with Gasteiger partial charge >= 0.3 is 0 Å². The van der Waals surface area contributed by atoms with Crippen LogP contribution < -0.4 is 0 Å². The predicted molar refractivity (Wildman–Crippen MR) is 118 cm³/mol. The molecule has 0 unspecified atom stereocenters. The highest BCUT2D eigenvalue weighted by molar-refractivity contribution is 7.99. The molecular formula is C20H35NSSi2. The molecule has 0 aliphatic carbocycles. The van der Waals surface area contributed by atoms with Crippen LogP contribution in [0, 0.1) is 0 Å². The molecule has 1 nitrogen and oxygen atoms in total. The molecule has 1 heterocycles. The highest BCUT2D eigenvalue weighted by atomic mass is 32.2.